The molecule has 1 aromatic rings. The number of aliphatic hydroxyl groups is 1. The Kier molecular flexibility index (Phi) is 5.99. The van der Waals surface area contributed by atoms with E-state index in [2.05, 4.69) is 0 Å². The van der Waals surface area contributed by atoms with E-state index in [4.69, 9.17) is 4.84 Å². The average Bonchev–Trinajstić information content (AvgIpc) is 2.38. The first-order valence-corrected chi connectivity index (χ1v) is 6.54. The van der Waals surface area contributed by atoms with Crippen LogP contribution in [0.3, 0.4) is 0 Å². The van der Waals surface area contributed by atoms with Crippen LogP contribution in [-0.2, 0) is 16.1 Å². The van der Waals surface area contributed by atoms with Crippen molar-refractivity contribution in [1.82, 2.24) is 5.06 Å². The van der Waals surface area contributed by atoms with Crippen LogP contribution in [0.15, 0.2) is 30.3 Å². The molecule has 19 heavy (non-hydrogen) atoms. The first kappa shape index (κ1) is 15.7. The summed E-state index contributed by atoms with van der Waals surface area (Å²) in [7, 11) is 0. The lowest BCUT2D eigenvalue weighted by Gasteiger charge is -2.32. The number of rotatable bonds is 7. The van der Waals surface area contributed by atoms with Crippen LogP contribution in [0.5, 0.6) is 0 Å². The van der Waals surface area contributed by atoms with Crippen LogP contribution in [0.4, 0.5) is 0 Å². The fourth-order valence-corrected chi connectivity index (χ4v) is 1.78. The van der Waals surface area contributed by atoms with Crippen molar-refractivity contribution in [1.29, 1.82) is 0 Å². The van der Waals surface area contributed by atoms with Gasteiger partial charge in [-0.05, 0) is 39.2 Å². The summed E-state index contributed by atoms with van der Waals surface area (Å²) in [5.74, 6) is 0. The highest BCUT2D eigenvalue weighted by Crippen LogP contribution is 2.15. The van der Waals surface area contributed by atoms with Crippen molar-refractivity contribution >= 4 is 6.41 Å². The van der Waals surface area contributed by atoms with E-state index in [0.717, 1.165) is 6.42 Å². The van der Waals surface area contributed by atoms with Crippen LogP contribution in [0.2, 0.25) is 0 Å². The lowest BCUT2D eigenvalue weighted by atomic mass is 10.1. The molecule has 1 N–H and O–H groups in total. The lowest BCUT2D eigenvalue weighted by molar-refractivity contribution is -0.236. The van der Waals surface area contributed by atoms with Gasteiger partial charge in [0.2, 0.25) is 6.41 Å². The van der Waals surface area contributed by atoms with Crippen molar-refractivity contribution in [2.45, 2.75) is 45.3 Å². The molecule has 0 aliphatic heterocycles. The summed E-state index contributed by atoms with van der Waals surface area (Å²) in [5, 5.41) is 10.6. The molecule has 0 aromatic heterocycles. The number of benzene rings is 1. The smallest absolute Gasteiger partial charge is 0.233 e. The van der Waals surface area contributed by atoms with E-state index in [-0.39, 0.29) is 12.6 Å². The van der Waals surface area contributed by atoms with Gasteiger partial charge in [-0.2, -0.15) is 0 Å². The molecular weight excluding hydrogens is 242 g/mol. The minimum Gasteiger partial charge on any atom is -0.394 e. The van der Waals surface area contributed by atoms with Gasteiger partial charge in [0.25, 0.3) is 0 Å². The molecular formula is C15H23NO3. The Bertz CT molecular complexity index is 373. The van der Waals surface area contributed by atoms with Gasteiger partial charge >= 0.3 is 0 Å². The molecule has 0 radical (unpaired) electrons. The van der Waals surface area contributed by atoms with Crippen molar-refractivity contribution in [2.24, 2.45) is 0 Å². The summed E-state index contributed by atoms with van der Waals surface area (Å²) in [6.07, 6.45) is 2.09. The lowest BCUT2D eigenvalue weighted by Crippen LogP contribution is -2.42. The summed E-state index contributed by atoms with van der Waals surface area (Å²) in [5.41, 5.74) is 0.726. The van der Waals surface area contributed by atoms with Gasteiger partial charge in [-0.3, -0.25) is 9.63 Å². The topological polar surface area (TPSA) is 49.8 Å². The maximum absolute atomic E-state index is 11.1. The number of aliphatic hydroxyl groups excluding tert-OH is 1. The van der Waals surface area contributed by atoms with Crippen LogP contribution in [0, 0.1) is 0 Å². The summed E-state index contributed by atoms with van der Waals surface area (Å²) < 4.78 is 0. The van der Waals surface area contributed by atoms with Crippen LogP contribution < -0.4 is 0 Å². The molecule has 1 aromatic carbocycles. The molecule has 0 bridgehead atoms. The van der Waals surface area contributed by atoms with Gasteiger partial charge in [-0.25, -0.2) is 5.06 Å². The molecule has 0 fully saturated rings. The SMILES string of the molecule is CC(C)(C)ON(C=O)C(CO)CCc1ccccc1. The van der Waals surface area contributed by atoms with E-state index in [1.54, 1.807) is 0 Å². The number of aryl methyl sites for hydroxylation is 1. The number of amides is 1. The molecule has 106 valence electrons. The van der Waals surface area contributed by atoms with Crippen molar-refractivity contribution in [2.75, 3.05) is 6.61 Å². The standard InChI is InChI=1S/C15H23NO3/c1-15(2,3)19-16(12-18)14(11-17)10-9-13-7-5-4-6-8-13/h4-8,12,14,17H,9-11H2,1-3H3. The van der Waals surface area contributed by atoms with Crippen LogP contribution in [0.25, 0.3) is 0 Å². The van der Waals surface area contributed by atoms with E-state index in [1.165, 1.54) is 10.6 Å². The number of carbonyl (C=O) groups excluding carboxylic acids is 1. The molecule has 0 aliphatic carbocycles. The molecule has 4 nitrogen and oxygen atoms in total. The predicted octanol–water partition coefficient (Wildman–Crippen LogP) is 2.17. The first-order chi connectivity index (χ1) is 8.96. The highest BCUT2D eigenvalue weighted by molar-refractivity contribution is 5.45. The van der Waals surface area contributed by atoms with Crippen LogP contribution >= 0.6 is 0 Å². The Balaban J connectivity index is 2.58. The van der Waals surface area contributed by atoms with Crippen LogP contribution in [-0.4, -0.2) is 34.8 Å². The van der Waals surface area contributed by atoms with Gasteiger partial charge in [-0.1, -0.05) is 30.3 Å². The van der Waals surface area contributed by atoms with Crippen molar-refractivity contribution < 1.29 is 14.7 Å². The second-order valence-electron chi connectivity index (χ2n) is 5.53. The summed E-state index contributed by atoms with van der Waals surface area (Å²) in [6.45, 7) is 5.50. The number of hydroxylamine groups is 2. The fourth-order valence-electron chi connectivity index (χ4n) is 1.78. The van der Waals surface area contributed by atoms with Gasteiger partial charge in [0, 0.05) is 0 Å². The second-order valence-corrected chi connectivity index (χ2v) is 5.53. The van der Waals surface area contributed by atoms with Gasteiger partial charge in [0.1, 0.15) is 0 Å². The minimum atomic E-state index is -0.457. The summed E-state index contributed by atoms with van der Waals surface area (Å²) >= 11 is 0. The predicted molar refractivity (Wildman–Crippen MR) is 74.4 cm³/mol. The first-order valence-electron chi connectivity index (χ1n) is 6.54. The van der Waals surface area contributed by atoms with Gasteiger partial charge < -0.3 is 5.11 Å². The molecule has 0 heterocycles. The van der Waals surface area contributed by atoms with E-state index in [1.807, 2.05) is 51.1 Å². The molecule has 0 saturated carbocycles. The maximum Gasteiger partial charge on any atom is 0.233 e. The largest absolute Gasteiger partial charge is 0.394 e. The van der Waals surface area contributed by atoms with Crippen molar-refractivity contribution in [3.8, 4) is 0 Å². The molecule has 4 heteroatoms. The fraction of sp³-hybridized carbons (Fsp3) is 0.533. The third-order valence-electron chi connectivity index (χ3n) is 2.66. The molecule has 1 amide bonds. The molecule has 1 rings (SSSR count). The monoisotopic (exact) mass is 265 g/mol. The van der Waals surface area contributed by atoms with E-state index < -0.39 is 5.60 Å². The maximum atomic E-state index is 11.1. The van der Waals surface area contributed by atoms with E-state index in [0.29, 0.717) is 12.8 Å². The van der Waals surface area contributed by atoms with E-state index >= 15 is 0 Å². The van der Waals surface area contributed by atoms with Crippen molar-refractivity contribution in [3.05, 3.63) is 35.9 Å². The Morgan fingerprint density at radius 1 is 1.32 bits per heavy atom. The average molecular weight is 265 g/mol. The number of carbonyl (C=O) groups is 1. The third kappa shape index (κ3) is 5.85. The Morgan fingerprint density at radius 3 is 2.42 bits per heavy atom. The van der Waals surface area contributed by atoms with Gasteiger partial charge in [-0.15, -0.1) is 0 Å². The molecule has 0 aliphatic rings. The Morgan fingerprint density at radius 2 is 1.95 bits per heavy atom. The Hall–Kier alpha value is -1.39. The highest BCUT2D eigenvalue weighted by atomic mass is 16.7. The quantitative estimate of drug-likeness (QED) is 0.607. The highest BCUT2D eigenvalue weighted by Gasteiger charge is 2.23. The second kappa shape index (κ2) is 7.26. The van der Waals surface area contributed by atoms with Crippen molar-refractivity contribution in [3.63, 3.8) is 0 Å². The molecule has 0 saturated heterocycles. The molecule has 1 unspecified atom stereocenters. The van der Waals surface area contributed by atoms with Gasteiger partial charge in [0.05, 0.1) is 18.2 Å². The number of hydrogen-bond donors (Lipinski definition) is 1. The zero-order valence-electron chi connectivity index (χ0n) is 11.9. The Labute approximate surface area is 114 Å². The third-order valence-corrected chi connectivity index (χ3v) is 2.66. The normalized spacial score (nSPS) is 13.1. The van der Waals surface area contributed by atoms with Gasteiger partial charge in [0.15, 0.2) is 0 Å². The van der Waals surface area contributed by atoms with Crippen LogP contribution in [0.1, 0.15) is 32.8 Å². The summed E-state index contributed by atoms with van der Waals surface area (Å²) in [4.78, 5) is 16.6. The molecule has 0 spiro atoms. The molecule has 1 atom stereocenters. The minimum absolute atomic E-state index is 0.109. The summed E-state index contributed by atoms with van der Waals surface area (Å²) in [6, 6.07) is 9.66. The number of hydrogen-bond acceptors (Lipinski definition) is 3. The zero-order chi connectivity index (χ0) is 14.3. The number of nitrogens with zero attached hydrogens (tertiary/aromatic N) is 1. The zero-order valence-corrected chi connectivity index (χ0v) is 11.9. The van der Waals surface area contributed by atoms with E-state index in [9.17, 15) is 9.90 Å².